The zero-order chi connectivity index (χ0) is 13.0. The van der Waals surface area contributed by atoms with Gasteiger partial charge < -0.3 is 9.84 Å². The molecule has 0 spiro atoms. The van der Waals surface area contributed by atoms with E-state index in [1.165, 1.54) is 4.90 Å². The van der Waals surface area contributed by atoms with Gasteiger partial charge >= 0.3 is 6.09 Å². The molecule has 1 aromatic carbocycles. The predicted octanol–water partition coefficient (Wildman–Crippen LogP) is 1.73. The average molecular weight is 253 g/mol. The standard InChI is InChI=1S/C13H16FNO3/c14-11-6-12(8-16)15(7-11)13(17)18-9-10-4-2-1-3-5-10/h1-5,11-12,16H,6-9H2/t11-,12-/m1/s1. The van der Waals surface area contributed by atoms with E-state index < -0.39 is 18.3 Å². The number of nitrogens with zero attached hydrogens (tertiary/aromatic N) is 1. The van der Waals surface area contributed by atoms with Gasteiger partial charge in [0.25, 0.3) is 0 Å². The number of likely N-dealkylation sites (tertiary alicyclic amines) is 1. The van der Waals surface area contributed by atoms with Crippen LogP contribution >= 0.6 is 0 Å². The molecule has 0 aliphatic carbocycles. The lowest BCUT2D eigenvalue weighted by Gasteiger charge is -2.21. The molecule has 0 bridgehead atoms. The zero-order valence-corrected chi connectivity index (χ0v) is 9.96. The number of aliphatic hydroxyl groups is 1. The van der Waals surface area contributed by atoms with E-state index in [0.29, 0.717) is 0 Å². The smallest absolute Gasteiger partial charge is 0.410 e. The number of amides is 1. The summed E-state index contributed by atoms with van der Waals surface area (Å²) in [5.41, 5.74) is 0.877. The van der Waals surface area contributed by atoms with Gasteiger partial charge in [-0.2, -0.15) is 0 Å². The summed E-state index contributed by atoms with van der Waals surface area (Å²) in [5.74, 6) is 0. The second-order valence-electron chi connectivity index (χ2n) is 4.36. The van der Waals surface area contributed by atoms with E-state index >= 15 is 0 Å². The molecule has 98 valence electrons. The number of hydrogen-bond acceptors (Lipinski definition) is 3. The molecule has 1 heterocycles. The number of alkyl halides is 1. The van der Waals surface area contributed by atoms with Crippen LogP contribution in [-0.2, 0) is 11.3 Å². The second-order valence-corrected chi connectivity index (χ2v) is 4.36. The quantitative estimate of drug-likeness (QED) is 0.892. The number of ether oxygens (including phenoxy) is 1. The summed E-state index contributed by atoms with van der Waals surface area (Å²) in [5, 5.41) is 9.07. The van der Waals surface area contributed by atoms with E-state index in [0.717, 1.165) is 5.56 Å². The van der Waals surface area contributed by atoms with Crippen LogP contribution in [0.3, 0.4) is 0 Å². The normalized spacial score (nSPS) is 23.1. The summed E-state index contributed by atoms with van der Waals surface area (Å²) in [6.07, 6.45) is -1.47. The first-order valence-corrected chi connectivity index (χ1v) is 5.93. The Balaban J connectivity index is 1.88. The third-order valence-electron chi connectivity index (χ3n) is 3.01. The Kier molecular flexibility index (Phi) is 4.15. The number of rotatable bonds is 3. The minimum Gasteiger partial charge on any atom is -0.445 e. The van der Waals surface area contributed by atoms with Gasteiger partial charge in [-0.1, -0.05) is 30.3 Å². The van der Waals surface area contributed by atoms with Crippen LogP contribution in [0, 0.1) is 0 Å². The van der Waals surface area contributed by atoms with E-state index in [1.54, 1.807) is 0 Å². The van der Waals surface area contributed by atoms with Gasteiger partial charge in [-0.15, -0.1) is 0 Å². The number of halogens is 1. The minimum atomic E-state index is -1.08. The predicted molar refractivity (Wildman–Crippen MR) is 63.7 cm³/mol. The topological polar surface area (TPSA) is 49.8 Å². The first-order chi connectivity index (χ1) is 8.70. The Morgan fingerprint density at radius 3 is 2.83 bits per heavy atom. The van der Waals surface area contributed by atoms with Crippen molar-refractivity contribution in [1.82, 2.24) is 4.90 Å². The van der Waals surface area contributed by atoms with Crippen molar-refractivity contribution >= 4 is 6.09 Å². The number of aliphatic hydroxyl groups excluding tert-OH is 1. The molecule has 4 nitrogen and oxygen atoms in total. The molecule has 2 atom stereocenters. The first kappa shape index (κ1) is 12.8. The Morgan fingerprint density at radius 1 is 1.44 bits per heavy atom. The summed E-state index contributed by atoms with van der Waals surface area (Å²) in [6, 6.07) is 8.81. The van der Waals surface area contributed by atoms with Crippen LogP contribution in [0.15, 0.2) is 30.3 Å². The molecular formula is C13H16FNO3. The van der Waals surface area contributed by atoms with Crippen molar-refractivity contribution < 1.29 is 19.0 Å². The molecule has 1 aromatic rings. The molecule has 0 radical (unpaired) electrons. The zero-order valence-electron chi connectivity index (χ0n) is 9.96. The maximum atomic E-state index is 13.2. The van der Waals surface area contributed by atoms with Crippen LogP contribution in [-0.4, -0.2) is 41.5 Å². The summed E-state index contributed by atoms with van der Waals surface area (Å²) >= 11 is 0. The third-order valence-corrected chi connectivity index (χ3v) is 3.01. The molecular weight excluding hydrogens is 237 g/mol. The maximum absolute atomic E-state index is 13.2. The molecule has 18 heavy (non-hydrogen) atoms. The molecule has 0 unspecified atom stereocenters. The number of carbonyl (C=O) groups is 1. The van der Waals surface area contributed by atoms with Gasteiger partial charge in [0.2, 0.25) is 0 Å². The largest absolute Gasteiger partial charge is 0.445 e. The molecule has 1 fully saturated rings. The van der Waals surface area contributed by atoms with Crippen molar-refractivity contribution in [3.63, 3.8) is 0 Å². The summed E-state index contributed by atoms with van der Waals surface area (Å²) in [4.78, 5) is 13.0. The van der Waals surface area contributed by atoms with Crippen molar-refractivity contribution in [3.8, 4) is 0 Å². The highest BCUT2D eigenvalue weighted by Crippen LogP contribution is 2.21. The Bertz CT molecular complexity index is 398. The summed E-state index contributed by atoms with van der Waals surface area (Å²) in [6.45, 7) is -0.0784. The fraction of sp³-hybridized carbons (Fsp3) is 0.462. The van der Waals surface area contributed by atoms with Gasteiger partial charge in [-0.05, 0) is 5.56 Å². The maximum Gasteiger partial charge on any atom is 0.410 e. The van der Waals surface area contributed by atoms with E-state index in [2.05, 4.69) is 0 Å². The third kappa shape index (κ3) is 2.98. The van der Waals surface area contributed by atoms with Crippen molar-refractivity contribution in [2.75, 3.05) is 13.2 Å². The van der Waals surface area contributed by atoms with Crippen molar-refractivity contribution in [1.29, 1.82) is 0 Å². The van der Waals surface area contributed by atoms with Crippen LogP contribution in [0.4, 0.5) is 9.18 Å². The highest BCUT2D eigenvalue weighted by molar-refractivity contribution is 5.68. The number of hydrogen-bond donors (Lipinski definition) is 1. The van der Waals surface area contributed by atoms with Gasteiger partial charge in [-0.3, -0.25) is 4.90 Å². The van der Waals surface area contributed by atoms with Crippen molar-refractivity contribution in [3.05, 3.63) is 35.9 Å². The molecule has 1 saturated heterocycles. The number of benzene rings is 1. The van der Waals surface area contributed by atoms with Crippen molar-refractivity contribution in [2.45, 2.75) is 25.2 Å². The number of carbonyl (C=O) groups excluding carboxylic acids is 1. The second kappa shape index (κ2) is 5.82. The molecule has 1 aliphatic rings. The van der Waals surface area contributed by atoms with Crippen LogP contribution in [0.25, 0.3) is 0 Å². The lowest BCUT2D eigenvalue weighted by atomic mass is 10.2. The first-order valence-electron chi connectivity index (χ1n) is 5.93. The highest BCUT2D eigenvalue weighted by Gasteiger charge is 2.35. The van der Waals surface area contributed by atoms with E-state index in [4.69, 9.17) is 9.84 Å². The van der Waals surface area contributed by atoms with Crippen LogP contribution in [0.2, 0.25) is 0 Å². The SMILES string of the molecule is O=C(OCc1ccccc1)N1C[C@H](F)C[C@@H]1CO. The van der Waals surface area contributed by atoms with Gasteiger partial charge in [0.1, 0.15) is 12.8 Å². The fourth-order valence-corrected chi connectivity index (χ4v) is 2.06. The van der Waals surface area contributed by atoms with Crippen molar-refractivity contribution in [2.24, 2.45) is 0 Å². The lowest BCUT2D eigenvalue weighted by molar-refractivity contribution is 0.0787. The van der Waals surface area contributed by atoms with Crippen LogP contribution in [0.1, 0.15) is 12.0 Å². The lowest BCUT2D eigenvalue weighted by Crippen LogP contribution is -2.38. The van der Waals surface area contributed by atoms with Gasteiger partial charge in [0.05, 0.1) is 19.2 Å². The van der Waals surface area contributed by atoms with Gasteiger partial charge in [-0.25, -0.2) is 9.18 Å². The Hall–Kier alpha value is -1.62. The molecule has 1 aliphatic heterocycles. The molecule has 0 saturated carbocycles. The summed E-state index contributed by atoms with van der Waals surface area (Å²) < 4.78 is 18.3. The molecule has 5 heteroatoms. The highest BCUT2D eigenvalue weighted by atomic mass is 19.1. The van der Waals surface area contributed by atoms with Crippen LogP contribution in [0.5, 0.6) is 0 Å². The minimum absolute atomic E-state index is 0.00114. The monoisotopic (exact) mass is 253 g/mol. The molecule has 2 rings (SSSR count). The van der Waals surface area contributed by atoms with E-state index in [1.807, 2.05) is 30.3 Å². The average Bonchev–Trinajstić information content (AvgIpc) is 2.78. The summed E-state index contributed by atoms with van der Waals surface area (Å²) in [7, 11) is 0. The van der Waals surface area contributed by atoms with Gasteiger partial charge in [0, 0.05) is 6.42 Å². The Labute approximate surface area is 105 Å². The van der Waals surface area contributed by atoms with Crippen LogP contribution < -0.4 is 0 Å². The molecule has 1 amide bonds. The fourth-order valence-electron chi connectivity index (χ4n) is 2.06. The molecule has 1 N–H and O–H groups in total. The molecule has 0 aromatic heterocycles. The van der Waals surface area contributed by atoms with E-state index in [-0.39, 0.29) is 26.2 Å². The van der Waals surface area contributed by atoms with Gasteiger partial charge in [0.15, 0.2) is 0 Å². The Morgan fingerprint density at radius 2 is 2.17 bits per heavy atom. The van der Waals surface area contributed by atoms with E-state index in [9.17, 15) is 9.18 Å².